The van der Waals surface area contributed by atoms with Crippen molar-refractivity contribution in [3.63, 3.8) is 0 Å². The Morgan fingerprint density at radius 2 is 1.84 bits per heavy atom. The highest BCUT2D eigenvalue weighted by Gasteiger charge is 2.34. The molecule has 0 aromatic heterocycles. The predicted octanol–water partition coefficient (Wildman–Crippen LogP) is 1.68. The Morgan fingerprint density at radius 3 is 2.26 bits per heavy atom. The summed E-state index contributed by atoms with van der Waals surface area (Å²) >= 11 is 0. The number of nitriles is 1. The van der Waals surface area contributed by atoms with Gasteiger partial charge in [-0.05, 0) is 39.8 Å². The number of nitrogens with zero attached hydrogens (tertiary/aromatic N) is 3. The first-order valence-electron chi connectivity index (χ1n) is 7.69. The van der Waals surface area contributed by atoms with Crippen LogP contribution >= 0.6 is 0 Å². The van der Waals surface area contributed by atoms with Crippen LogP contribution in [0.15, 0.2) is 0 Å². The predicted molar refractivity (Wildman–Crippen MR) is 80.1 cm³/mol. The van der Waals surface area contributed by atoms with Crippen LogP contribution in [-0.4, -0.2) is 60.6 Å². The van der Waals surface area contributed by atoms with Crippen LogP contribution in [0.1, 0.15) is 40.5 Å². The van der Waals surface area contributed by atoms with E-state index in [4.69, 9.17) is 0 Å². The Balaban J connectivity index is 2.40. The molecule has 0 aliphatic carbocycles. The fourth-order valence-corrected chi connectivity index (χ4v) is 2.74. The number of likely N-dealkylation sites (N-methyl/N-ethyl adjacent to an activating group) is 1. The molecular weight excluding hydrogens is 236 g/mol. The fourth-order valence-electron chi connectivity index (χ4n) is 2.74. The van der Waals surface area contributed by atoms with Gasteiger partial charge in [0.1, 0.15) is 5.54 Å². The molecule has 0 bridgehead atoms. The molecule has 1 fully saturated rings. The molecular formula is C15H30N4. The smallest absolute Gasteiger partial charge is 0.109 e. The number of hydrogen-bond donors (Lipinski definition) is 1. The zero-order valence-corrected chi connectivity index (χ0v) is 13.1. The van der Waals surface area contributed by atoms with Crippen molar-refractivity contribution in [2.75, 3.05) is 39.3 Å². The molecule has 0 unspecified atom stereocenters. The summed E-state index contributed by atoms with van der Waals surface area (Å²) in [7, 11) is 0. The third-order valence-electron chi connectivity index (χ3n) is 4.38. The molecule has 0 aromatic carbocycles. The van der Waals surface area contributed by atoms with E-state index >= 15 is 0 Å². The highest BCUT2D eigenvalue weighted by molar-refractivity contribution is 5.09. The van der Waals surface area contributed by atoms with Crippen LogP contribution in [0.3, 0.4) is 0 Å². The Bertz CT molecular complexity index is 283. The minimum absolute atomic E-state index is 0.293. The molecule has 4 heteroatoms. The monoisotopic (exact) mass is 266 g/mol. The largest absolute Gasteiger partial charge is 0.303 e. The Hall–Kier alpha value is -0.630. The highest BCUT2D eigenvalue weighted by Crippen LogP contribution is 2.22. The van der Waals surface area contributed by atoms with Gasteiger partial charge in [0.15, 0.2) is 0 Å². The fraction of sp³-hybridized carbons (Fsp3) is 0.933. The lowest BCUT2D eigenvalue weighted by molar-refractivity contribution is 0.134. The zero-order valence-electron chi connectivity index (χ0n) is 13.1. The molecule has 110 valence electrons. The van der Waals surface area contributed by atoms with Crippen molar-refractivity contribution in [1.82, 2.24) is 15.1 Å². The van der Waals surface area contributed by atoms with E-state index in [0.29, 0.717) is 6.04 Å². The lowest BCUT2D eigenvalue weighted by Crippen LogP contribution is -2.55. The minimum Gasteiger partial charge on any atom is -0.303 e. The molecule has 0 spiro atoms. The molecule has 1 saturated heterocycles. The molecule has 19 heavy (non-hydrogen) atoms. The van der Waals surface area contributed by atoms with Crippen LogP contribution in [0.5, 0.6) is 0 Å². The molecule has 0 radical (unpaired) electrons. The molecule has 4 nitrogen and oxygen atoms in total. The maximum Gasteiger partial charge on any atom is 0.109 e. The van der Waals surface area contributed by atoms with Gasteiger partial charge in [-0.2, -0.15) is 5.26 Å². The van der Waals surface area contributed by atoms with Crippen molar-refractivity contribution < 1.29 is 0 Å². The van der Waals surface area contributed by atoms with Crippen LogP contribution in [-0.2, 0) is 0 Å². The summed E-state index contributed by atoms with van der Waals surface area (Å²) < 4.78 is 0. The van der Waals surface area contributed by atoms with Crippen molar-refractivity contribution in [2.24, 2.45) is 0 Å². The number of likely N-dealkylation sites (tertiary alicyclic amines) is 1. The lowest BCUT2D eigenvalue weighted by Gasteiger charge is -2.40. The van der Waals surface area contributed by atoms with Crippen molar-refractivity contribution in [2.45, 2.75) is 52.1 Å². The van der Waals surface area contributed by atoms with E-state index in [1.807, 2.05) is 0 Å². The summed E-state index contributed by atoms with van der Waals surface area (Å²) in [5, 5.41) is 13.0. The van der Waals surface area contributed by atoms with Gasteiger partial charge in [0.05, 0.1) is 6.07 Å². The first-order valence-corrected chi connectivity index (χ1v) is 7.69. The van der Waals surface area contributed by atoms with E-state index in [0.717, 1.165) is 52.1 Å². The Morgan fingerprint density at radius 1 is 1.26 bits per heavy atom. The van der Waals surface area contributed by atoms with Crippen molar-refractivity contribution in [3.8, 4) is 6.07 Å². The average molecular weight is 266 g/mol. The van der Waals surface area contributed by atoms with E-state index in [2.05, 4.69) is 48.9 Å². The van der Waals surface area contributed by atoms with E-state index in [9.17, 15) is 5.26 Å². The Kier molecular flexibility index (Phi) is 6.78. The van der Waals surface area contributed by atoms with Crippen LogP contribution < -0.4 is 5.32 Å². The molecule has 0 amide bonds. The van der Waals surface area contributed by atoms with Crippen molar-refractivity contribution in [1.29, 1.82) is 5.26 Å². The van der Waals surface area contributed by atoms with E-state index in [1.54, 1.807) is 0 Å². The summed E-state index contributed by atoms with van der Waals surface area (Å²) in [5.74, 6) is 0. The first-order chi connectivity index (χ1) is 9.06. The maximum atomic E-state index is 9.50. The minimum atomic E-state index is -0.293. The van der Waals surface area contributed by atoms with E-state index in [1.165, 1.54) is 0 Å². The van der Waals surface area contributed by atoms with Gasteiger partial charge < -0.3 is 9.80 Å². The Labute approximate surface area is 118 Å². The number of nitrogens with one attached hydrogen (secondary N) is 1. The average Bonchev–Trinajstić information content (AvgIpc) is 2.44. The topological polar surface area (TPSA) is 42.3 Å². The second-order valence-corrected chi connectivity index (χ2v) is 5.78. The summed E-state index contributed by atoms with van der Waals surface area (Å²) in [4.78, 5) is 4.85. The zero-order chi connectivity index (χ0) is 14.3. The number of rotatable bonds is 7. The van der Waals surface area contributed by atoms with Gasteiger partial charge >= 0.3 is 0 Å². The summed E-state index contributed by atoms with van der Waals surface area (Å²) in [5.41, 5.74) is -0.293. The molecule has 0 saturated carbocycles. The lowest BCUT2D eigenvalue weighted by atomic mass is 9.88. The van der Waals surface area contributed by atoms with Crippen molar-refractivity contribution >= 4 is 0 Å². The number of piperidine rings is 1. The van der Waals surface area contributed by atoms with Gasteiger partial charge in [0.25, 0.3) is 0 Å². The van der Waals surface area contributed by atoms with Gasteiger partial charge in [0.2, 0.25) is 0 Å². The van der Waals surface area contributed by atoms with Crippen LogP contribution in [0.2, 0.25) is 0 Å². The highest BCUT2D eigenvalue weighted by atomic mass is 15.2. The quantitative estimate of drug-likeness (QED) is 0.761. The second-order valence-electron chi connectivity index (χ2n) is 5.78. The molecule has 0 atom stereocenters. The number of hydrogen-bond acceptors (Lipinski definition) is 4. The van der Waals surface area contributed by atoms with Crippen LogP contribution in [0.25, 0.3) is 0 Å². The van der Waals surface area contributed by atoms with E-state index < -0.39 is 0 Å². The van der Waals surface area contributed by atoms with Gasteiger partial charge in [-0.15, -0.1) is 0 Å². The molecule has 0 aromatic rings. The van der Waals surface area contributed by atoms with Gasteiger partial charge in [0, 0.05) is 32.2 Å². The van der Waals surface area contributed by atoms with Gasteiger partial charge in [-0.1, -0.05) is 13.8 Å². The molecule has 1 aliphatic rings. The molecule has 1 heterocycles. The molecule has 1 aliphatic heterocycles. The summed E-state index contributed by atoms with van der Waals surface area (Å²) in [6.45, 7) is 15.0. The van der Waals surface area contributed by atoms with E-state index in [-0.39, 0.29) is 5.54 Å². The van der Waals surface area contributed by atoms with Crippen LogP contribution in [0.4, 0.5) is 0 Å². The SMILES string of the molecule is CCN(CC)CCNC1(C#N)CCN(C(C)C)CC1. The van der Waals surface area contributed by atoms with Gasteiger partial charge in [-0.3, -0.25) is 5.32 Å². The summed E-state index contributed by atoms with van der Waals surface area (Å²) in [6.07, 6.45) is 1.89. The normalized spacial score (nSPS) is 19.8. The first kappa shape index (κ1) is 16.4. The second kappa shape index (κ2) is 7.84. The standard InChI is InChI=1S/C15H30N4/c1-5-18(6-2)12-9-17-15(13-16)7-10-19(11-8-15)14(3)4/h14,17H,5-12H2,1-4H3. The molecule has 1 N–H and O–H groups in total. The van der Waals surface area contributed by atoms with Gasteiger partial charge in [-0.25, -0.2) is 0 Å². The molecule has 1 rings (SSSR count). The third-order valence-corrected chi connectivity index (χ3v) is 4.38. The third kappa shape index (κ3) is 4.76. The summed E-state index contributed by atoms with van der Waals surface area (Å²) in [6, 6.07) is 3.12. The van der Waals surface area contributed by atoms with Crippen molar-refractivity contribution in [3.05, 3.63) is 0 Å². The van der Waals surface area contributed by atoms with Crippen LogP contribution in [0, 0.1) is 11.3 Å². The maximum absolute atomic E-state index is 9.50.